The van der Waals surface area contributed by atoms with Gasteiger partial charge in [0.1, 0.15) is 0 Å². The molecule has 1 N–H and O–H groups in total. The number of hydrogen-bond acceptors (Lipinski definition) is 1. The second-order valence-electron chi connectivity index (χ2n) is 8.87. The topological polar surface area (TPSA) is 20.2 Å². The fourth-order valence-corrected chi connectivity index (χ4v) is 3.93. The molecule has 0 heterocycles. The van der Waals surface area contributed by atoms with E-state index in [2.05, 4.69) is 52.0 Å². The van der Waals surface area contributed by atoms with Gasteiger partial charge in [-0.05, 0) is 47.6 Å². The number of aliphatic hydroxyl groups is 1. The zero-order valence-corrected chi connectivity index (χ0v) is 15.6. The van der Waals surface area contributed by atoms with Crippen LogP contribution >= 0.6 is 0 Å². The fourth-order valence-electron chi connectivity index (χ4n) is 3.93. The molecule has 3 atom stereocenters. The molecule has 1 heteroatoms. The molecule has 0 aromatic heterocycles. The third-order valence-electron chi connectivity index (χ3n) is 5.47. The molecular formula is C22H36O. The van der Waals surface area contributed by atoms with Crippen molar-refractivity contribution in [1.29, 1.82) is 0 Å². The number of benzene rings is 1. The van der Waals surface area contributed by atoms with E-state index in [0.29, 0.717) is 0 Å². The normalized spacial score (nSPS) is 23.7. The van der Waals surface area contributed by atoms with Crippen molar-refractivity contribution in [1.82, 2.24) is 0 Å². The smallest absolute Gasteiger partial charge is 0.0542 e. The Morgan fingerprint density at radius 2 is 1.83 bits per heavy atom. The van der Waals surface area contributed by atoms with Gasteiger partial charge in [0.2, 0.25) is 0 Å². The average Bonchev–Trinajstić information content (AvgIpc) is 2.47. The van der Waals surface area contributed by atoms with Crippen LogP contribution in [0.25, 0.3) is 0 Å². The van der Waals surface area contributed by atoms with E-state index in [9.17, 15) is 5.11 Å². The van der Waals surface area contributed by atoms with Crippen LogP contribution < -0.4 is 0 Å². The maximum absolute atomic E-state index is 9.76. The lowest BCUT2D eigenvalue weighted by Crippen LogP contribution is -2.19. The van der Waals surface area contributed by atoms with Gasteiger partial charge in [-0.1, -0.05) is 84.1 Å². The Balaban J connectivity index is 1.71. The molecule has 1 aromatic carbocycles. The summed E-state index contributed by atoms with van der Waals surface area (Å²) in [6.45, 7) is 9.19. The molecular weight excluding hydrogens is 280 g/mol. The summed E-state index contributed by atoms with van der Waals surface area (Å²) in [5.41, 5.74) is 3.14. The molecule has 130 valence electrons. The summed E-state index contributed by atoms with van der Waals surface area (Å²) in [5, 5.41) is 9.76. The van der Waals surface area contributed by atoms with Crippen molar-refractivity contribution in [2.75, 3.05) is 0 Å². The molecule has 0 amide bonds. The van der Waals surface area contributed by atoms with Crippen LogP contribution in [-0.2, 0) is 11.8 Å². The first-order valence-electron chi connectivity index (χ1n) is 9.62. The Bertz CT molecular complexity index is 454. The van der Waals surface area contributed by atoms with Crippen molar-refractivity contribution in [2.45, 2.75) is 90.6 Å². The SMILES string of the molecule is CC(CCCC1CCCC(O)C1)Cc1ccc(C(C)(C)C)cc1. The van der Waals surface area contributed by atoms with Crippen LogP contribution in [0.15, 0.2) is 24.3 Å². The van der Waals surface area contributed by atoms with Crippen molar-refractivity contribution in [3.63, 3.8) is 0 Å². The van der Waals surface area contributed by atoms with E-state index >= 15 is 0 Å². The van der Waals surface area contributed by atoms with Gasteiger partial charge >= 0.3 is 0 Å². The quantitative estimate of drug-likeness (QED) is 0.694. The molecule has 1 aromatic rings. The fraction of sp³-hybridized carbons (Fsp3) is 0.727. The molecule has 1 aliphatic rings. The lowest BCUT2D eigenvalue weighted by atomic mass is 9.83. The van der Waals surface area contributed by atoms with Gasteiger partial charge in [0.05, 0.1) is 6.10 Å². The van der Waals surface area contributed by atoms with Crippen molar-refractivity contribution < 1.29 is 5.11 Å². The van der Waals surface area contributed by atoms with Gasteiger partial charge in [-0.25, -0.2) is 0 Å². The van der Waals surface area contributed by atoms with Crippen molar-refractivity contribution in [3.8, 4) is 0 Å². The molecule has 1 nitrogen and oxygen atoms in total. The molecule has 0 bridgehead atoms. The van der Waals surface area contributed by atoms with Gasteiger partial charge in [0.25, 0.3) is 0 Å². The molecule has 23 heavy (non-hydrogen) atoms. The summed E-state index contributed by atoms with van der Waals surface area (Å²) in [6, 6.07) is 9.22. The lowest BCUT2D eigenvalue weighted by Gasteiger charge is -2.26. The Kier molecular flexibility index (Phi) is 6.71. The van der Waals surface area contributed by atoms with Crippen LogP contribution in [0.3, 0.4) is 0 Å². The zero-order valence-electron chi connectivity index (χ0n) is 15.6. The highest BCUT2D eigenvalue weighted by molar-refractivity contribution is 5.27. The lowest BCUT2D eigenvalue weighted by molar-refractivity contribution is 0.0970. The largest absolute Gasteiger partial charge is 0.393 e. The monoisotopic (exact) mass is 316 g/mol. The predicted molar refractivity (Wildman–Crippen MR) is 99.8 cm³/mol. The summed E-state index contributed by atoms with van der Waals surface area (Å²) < 4.78 is 0. The molecule has 0 aliphatic heterocycles. The van der Waals surface area contributed by atoms with E-state index in [4.69, 9.17) is 0 Å². The molecule has 1 fully saturated rings. The van der Waals surface area contributed by atoms with Crippen molar-refractivity contribution in [3.05, 3.63) is 35.4 Å². The van der Waals surface area contributed by atoms with Gasteiger partial charge in [-0.3, -0.25) is 0 Å². The number of hydrogen-bond donors (Lipinski definition) is 1. The first-order valence-corrected chi connectivity index (χ1v) is 9.62. The minimum atomic E-state index is -0.0208. The Hall–Kier alpha value is -0.820. The van der Waals surface area contributed by atoms with Gasteiger partial charge < -0.3 is 5.11 Å². The minimum Gasteiger partial charge on any atom is -0.393 e. The van der Waals surface area contributed by atoms with E-state index in [1.807, 2.05) is 0 Å². The first kappa shape index (κ1) is 18.5. The molecule has 3 unspecified atom stereocenters. The second-order valence-corrected chi connectivity index (χ2v) is 8.87. The maximum atomic E-state index is 9.76. The van der Waals surface area contributed by atoms with Crippen LogP contribution in [0.2, 0.25) is 0 Å². The van der Waals surface area contributed by atoms with Gasteiger partial charge in [0, 0.05) is 0 Å². The van der Waals surface area contributed by atoms with Gasteiger partial charge in [-0.2, -0.15) is 0 Å². The zero-order chi connectivity index (χ0) is 16.9. The summed E-state index contributed by atoms with van der Waals surface area (Å²) in [6.07, 6.45) is 9.74. The highest BCUT2D eigenvalue weighted by atomic mass is 16.3. The molecule has 0 radical (unpaired) electrons. The summed E-state index contributed by atoms with van der Waals surface area (Å²) in [4.78, 5) is 0. The summed E-state index contributed by atoms with van der Waals surface area (Å²) in [5.74, 6) is 1.53. The molecule has 0 saturated heterocycles. The summed E-state index contributed by atoms with van der Waals surface area (Å²) >= 11 is 0. The van der Waals surface area contributed by atoms with E-state index in [-0.39, 0.29) is 11.5 Å². The van der Waals surface area contributed by atoms with Gasteiger partial charge in [0.15, 0.2) is 0 Å². The van der Waals surface area contributed by atoms with Crippen molar-refractivity contribution in [2.24, 2.45) is 11.8 Å². The molecule has 0 spiro atoms. The van der Waals surface area contributed by atoms with E-state index in [1.54, 1.807) is 0 Å². The van der Waals surface area contributed by atoms with Crippen molar-refractivity contribution >= 4 is 0 Å². The third kappa shape index (κ3) is 6.30. The van der Waals surface area contributed by atoms with Crippen LogP contribution in [0.4, 0.5) is 0 Å². The maximum Gasteiger partial charge on any atom is 0.0542 e. The molecule has 1 saturated carbocycles. The van der Waals surface area contributed by atoms with Gasteiger partial charge in [-0.15, -0.1) is 0 Å². The predicted octanol–water partition coefficient (Wildman–Crippen LogP) is 5.88. The highest BCUT2D eigenvalue weighted by Crippen LogP contribution is 2.29. The van der Waals surface area contributed by atoms with Crippen LogP contribution in [0.1, 0.15) is 83.8 Å². The average molecular weight is 317 g/mol. The standard InChI is InChI=1S/C22H36O/c1-17(7-5-8-18-9-6-10-21(23)16-18)15-19-11-13-20(14-12-19)22(2,3)4/h11-14,17-18,21,23H,5-10,15-16H2,1-4H3. The van der Waals surface area contributed by atoms with Crippen LogP contribution in [0, 0.1) is 11.8 Å². The second kappa shape index (κ2) is 8.33. The Morgan fingerprint density at radius 3 is 2.43 bits per heavy atom. The minimum absolute atomic E-state index is 0.0208. The van der Waals surface area contributed by atoms with Crippen LogP contribution in [-0.4, -0.2) is 11.2 Å². The Labute approximate surface area is 143 Å². The molecule has 2 rings (SSSR count). The summed E-state index contributed by atoms with van der Waals surface area (Å²) in [7, 11) is 0. The van der Waals surface area contributed by atoms with E-state index < -0.39 is 0 Å². The number of rotatable bonds is 6. The third-order valence-corrected chi connectivity index (χ3v) is 5.47. The Morgan fingerprint density at radius 1 is 1.13 bits per heavy atom. The van der Waals surface area contributed by atoms with E-state index in [0.717, 1.165) is 24.7 Å². The molecule has 1 aliphatic carbocycles. The van der Waals surface area contributed by atoms with Crippen LogP contribution in [0.5, 0.6) is 0 Å². The first-order chi connectivity index (χ1) is 10.8. The highest BCUT2D eigenvalue weighted by Gasteiger charge is 2.20. The van der Waals surface area contributed by atoms with E-state index in [1.165, 1.54) is 49.7 Å². The number of aliphatic hydroxyl groups excluding tert-OH is 1.